The fraction of sp³-hybridized carbons (Fsp3) is 0.0714. The molecule has 3 rings (SSSR count). The Morgan fingerprint density at radius 3 is 2.70 bits per heavy atom. The quantitative estimate of drug-likeness (QED) is 0.745. The van der Waals surface area contributed by atoms with Crippen LogP contribution in [0.5, 0.6) is 0 Å². The molecule has 0 saturated heterocycles. The van der Waals surface area contributed by atoms with E-state index in [1.54, 1.807) is 24.2 Å². The number of halogens is 1. The van der Waals surface area contributed by atoms with Crippen LogP contribution < -0.4 is 0 Å². The molecule has 20 heavy (non-hydrogen) atoms. The number of nitrogens with one attached hydrogen (secondary N) is 1. The number of hydrogen-bond acceptors (Lipinski definition) is 4. The van der Waals surface area contributed by atoms with Crippen molar-refractivity contribution in [1.29, 1.82) is 0 Å². The lowest BCUT2D eigenvalue weighted by Crippen LogP contribution is -1.83. The Morgan fingerprint density at radius 1 is 1.10 bits per heavy atom. The zero-order valence-corrected chi connectivity index (χ0v) is 12.0. The molecule has 0 atom stereocenters. The second-order valence-corrected chi connectivity index (χ2v) is 5.43. The number of aromatic nitrogens is 4. The van der Waals surface area contributed by atoms with Crippen molar-refractivity contribution in [1.82, 2.24) is 20.2 Å². The Hall–Kier alpha value is -1.85. The number of benzene rings is 1. The summed E-state index contributed by atoms with van der Waals surface area (Å²) in [6.45, 7) is 0. The first-order valence-corrected chi connectivity index (χ1v) is 7.38. The third-order valence-electron chi connectivity index (χ3n) is 2.73. The van der Waals surface area contributed by atoms with Gasteiger partial charge in [-0.3, -0.25) is 10.1 Å². The van der Waals surface area contributed by atoms with Crippen LogP contribution in [0.4, 0.5) is 0 Å². The molecule has 100 valence electrons. The molecule has 1 N–H and O–H groups in total. The summed E-state index contributed by atoms with van der Waals surface area (Å²) >= 11 is 7.67. The summed E-state index contributed by atoms with van der Waals surface area (Å²) in [5.41, 5.74) is 2.05. The smallest absolute Gasteiger partial charge is 0.209 e. The van der Waals surface area contributed by atoms with Gasteiger partial charge in [-0.1, -0.05) is 41.6 Å². The Kier molecular flexibility index (Phi) is 3.99. The minimum atomic E-state index is 0.705. The molecule has 3 aromatic rings. The Morgan fingerprint density at radius 2 is 1.90 bits per heavy atom. The van der Waals surface area contributed by atoms with Gasteiger partial charge in [-0.05, 0) is 23.8 Å². The number of aromatic amines is 1. The van der Waals surface area contributed by atoms with E-state index in [9.17, 15) is 0 Å². The van der Waals surface area contributed by atoms with Gasteiger partial charge in [0.15, 0.2) is 5.82 Å². The molecule has 0 aliphatic carbocycles. The van der Waals surface area contributed by atoms with Crippen LogP contribution in [0.3, 0.4) is 0 Å². The number of nitrogens with zero attached hydrogens (tertiary/aromatic N) is 3. The molecule has 0 aliphatic heterocycles. The average molecular weight is 303 g/mol. The van der Waals surface area contributed by atoms with E-state index in [1.165, 1.54) is 0 Å². The van der Waals surface area contributed by atoms with Gasteiger partial charge in [-0.15, -0.1) is 5.10 Å². The summed E-state index contributed by atoms with van der Waals surface area (Å²) in [5, 5.41) is 8.60. The van der Waals surface area contributed by atoms with E-state index >= 15 is 0 Å². The van der Waals surface area contributed by atoms with Gasteiger partial charge in [0.1, 0.15) is 0 Å². The van der Waals surface area contributed by atoms with Gasteiger partial charge in [-0.2, -0.15) is 0 Å². The summed E-state index contributed by atoms with van der Waals surface area (Å²) < 4.78 is 0. The van der Waals surface area contributed by atoms with Gasteiger partial charge in [0, 0.05) is 28.7 Å². The van der Waals surface area contributed by atoms with E-state index in [4.69, 9.17) is 11.6 Å². The van der Waals surface area contributed by atoms with Crippen molar-refractivity contribution in [3.63, 3.8) is 0 Å². The molecule has 0 unspecified atom stereocenters. The molecule has 0 saturated carbocycles. The molecular weight excluding hydrogens is 292 g/mol. The van der Waals surface area contributed by atoms with Crippen LogP contribution in [0.2, 0.25) is 5.02 Å². The van der Waals surface area contributed by atoms with Crippen molar-refractivity contribution in [3.8, 4) is 11.4 Å². The monoisotopic (exact) mass is 302 g/mol. The lowest BCUT2D eigenvalue weighted by atomic mass is 10.2. The first-order valence-electron chi connectivity index (χ1n) is 6.02. The van der Waals surface area contributed by atoms with Crippen molar-refractivity contribution in [2.45, 2.75) is 10.9 Å². The summed E-state index contributed by atoms with van der Waals surface area (Å²) in [5.74, 6) is 1.49. The molecule has 6 heteroatoms. The normalized spacial score (nSPS) is 10.7. The molecule has 2 aromatic heterocycles. The van der Waals surface area contributed by atoms with Crippen LogP contribution in [0.25, 0.3) is 11.4 Å². The zero-order chi connectivity index (χ0) is 13.8. The number of hydrogen-bond donors (Lipinski definition) is 1. The van der Waals surface area contributed by atoms with Crippen molar-refractivity contribution < 1.29 is 0 Å². The fourth-order valence-electron chi connectivity index (χ4n) is 1.71. The number of pyridine rings is 1. The first-order chi connectivity index (χ1) is 9.83. The van der Waals surface area contributed by atoms with Gasteiger partial charge < -0.3 is 0 Å². The third-order valence-corrected chi connectivity index (χ3v) is 4.00. The minimum absolute atomic E-state index is 0.705. The summed E-state index contributed by atoms with van der Waals surface area (Å²) in [6.07, 6.45) is 3.46. The summed E-state index contributed by atoms with van der Waals surface area (Å²) in [4.78, 5) is 8.43. The minimum Gasteiger partial charge on any atom is -0.265 e. The van der Waals surface area contributed by atoms with Crippen molar-refractivity contribution in [2.75, 3.05) is 0 Å². The number of thioether (sulfide) groups is 1. The highest BCUT2D eigenvalue weighted by molar-refractivity contribution is 7.98. The summed E-state index contributed by atoms with van der Waals surface area (Å²) in [6, 6.07) is 11.6. The van der Waals surface area contributed by atoms with Crippen molar-refractivity contribution in [3.05, 3.63) is 59.4 Å². The van der Waals surface area contributed by atoms with E-state index in [-0.39, 0.29) is 0 Å². The molecule has 2 heterocycles. The van der Waals surface area contributed by atoms with Crippen LogP contribution in [-0.2, 0) is 5.75 Å². The van der Waals surface area contributed by atoms with Gasteiger partial charge >= 0.3 is 0 Å². The highest BCUT2D eigenvalue weighted by Gasteiger charge is 2.07. The Bertz CT molecular complexity index is 699. The van der Waals surface area contributed by atoms with E-state index < -0.39 is 0 Å². The van der Waals surface area contributed by atoms with Crippen molar-refractivity contribution in [2.24, 2.45) is 0 Å². The maximum Gasteiger partial charge on any atom is 0.209 e. The third kappa shape index (κ3) is 3.00. The van der Waals surface area contributed by atoms with E-state index in [2.05, 4.69) is 20.2 Å². The molecular formula is C14H11ClN4S. The topological polar surface area (TPSA) is 54.5 Å². The van der Waals surface area contributed by atoms with Gasteiger partial charge in [0.05, 0.1) is 0 Å². The van der Waals surface area contributed by atoms with Gasteiger partial charge in [0.2, 0.25) is 5.16 Å². The van der Waals surface area contributed by atoms with Crippen LogP contribution in [0, 0.1) is 0 Å². The van der Waals surface area contributed by atoms with E-state index in [0.717, 1.165) is 27.7 Å². The Balaban J connectivity index is 1.71. The molecule has 0 amide bonds. The summed E-state index contributed by atoms with van der Waals surface area (Å²) in [7, 11) is 0. The second kappa shape index (κ2) is 6.07. The highest BCUT2D eigenvalue weighted by atomic mass is 35.5. The second-order valence-electron chi connectivity index (χ2n) is 4.08. The largest absolute Gasteiger partial charge is 0.265 e. The first kappa shape index (κ1) is 13.1. The predicted molar refractivity (Wildman–Crippen MR) is 80.6 cm³/mol. The van der Waals surface area contributed by atoms with Crippen molar-refractivity contribution >= 4 is 23.4 Å². The maximum absolute atomic E-state index is 6.12. The standard InChI is InChI=1S/C14H11ClN4S/c15-12-4-2-1-3-11(12)9-20-14-17-13(18-19-14)10-5-7-16-8-6-10/h1-8H,9H2,(H,17,18,19). The van der Waals surface area contributed by atoms with Crippen LogP contribution in [0.1, 0.15) is 5.56 Å². The van der Waals surface area contributed by atoms with Gasteiger partial charge in [-0.25, -0.2) is 4.98 Å². The molecule has 0 radical (unpaired) electrons. The molecule has 0 spiro atoms. The van der Waals surface area contributed by atoms with Crippen LogP contribution >= 0.6 is 23.4 Å². The molecule has 1 aromatic carbocycles. The fourth-order valence-corrected chi connectivity index (χ4v) is 2.79. The Labute approximate surface area is 125 Å². The highest BCUT2D eigenvalue weighted by Crippen LogP contribution is 2.25. The lowest BCUT2D eigenvalue weighted by Gasteiger charge is -2.00. The maximum atomic E-state index is 6.12. The predicted octanol–water partition coefficient (Wildman–Crippen LogP) is 3.81. The average Bonchev–Trinajstić information content (AvgIpc) is 2.96. The van der Waals surface area contributed by atoms with E-state index in [1.807, 2.05) is 36.4 Å². The zero-order valence-electron chi connectivity index (χ0n) is 10.5. The number of rotatable bonds is 4. The molecule has 0 bridgehead atoms. The molecule has 0 fully saturated rings. The van der Waals surface area contributed by atoms with E-state index in [0.29, 0.717) is 5.16 Å². The SMILES string of the molecule is Clc1ccccc1CSc1n[nH]c(-c2ccncc2)n1. The molecule has 4 nitrogen and oxygen atoms in total. The lowest BCUT2D eigenvalue weighted by molar-refractivity contribution is 0.973. The number of H-pyrrole nitrogens is 1. The molecule has 0 aliphatic rings. The van der Waals surface area contributed by atoms with Crippen LogP contribution in [0.15, 0.2) is 53.9 Å². The van der Waals surface area contributed by atoms with Gasteiger partial charge in [0.25, 0.3) is 0 Å². The van der Waals surface area contributed by atoms with Crippen LogP contribution in [-0.4, -0.2) is 20.2 Å².